The summed E-state index contributed by atoms with van der Waals surface area (Å²) in [6.07, 6.45) is 1.23. The number of nitrogens with two attached hydrogens (primary N) is 1. The Balaban J connectivity index is 1.82. The van der Waals surface area contributed by atoms with Gasteiger partial charge in [-0.05, 0) is 36.2 Å². The Labute approximate surface area is 147 Å². The van der Waals surface area contributed by atoms with Gasteiger partial charge in [0.15, 0.2) is 0 Å². The third-order valence-corrected chi connectivity index (χ3v) is 4.48. The number of ether oxygens (including phenoxy) is 1. The van der Waals surface area contributed by atoms with Gasteiger partial charge in [-0.3, -0.25) is 4.79 Å². The highest BCUT2D eigenvalue weighted by Gasteiger charge is 2.15. The molecule has 1 atom stereocenters. The van der Waals surface area contributed by atoms with Crippen molar-refractivity contribution in [1.82, 2.24) is 5.32 Å². The van der Waals surface area contributed by atoms with Crippen LogP contribution in [-0.2, 0) is 21.2 Å². The lowest BCUT2D eigenvalue weighted by Crippen LogP contribution is -2.41. The maximum atomic E-state index is 11.9. The van der Waals surface area contributed by atoms with Crippen molar-refractivity contribution in [2.45, 2.75) is 19.0 Å². The topological polar surface area (TPSA) is 98.5 Å². The fourth-order valence-corrected chi connectivity index (χ4v) is 2.77. The Bertz CT molecular complexity index is 790. The third kappa shape index (κ3) is 6.94. The number of hydrogen-bond acceptors (Lipinski definition) is 5. The van der Waals surface area contributed by atoms with Gasteiger partial charge < -0.3 is 15.8 Å². The van der Waals surface area contributed by atoms with E-state index in [4.69, 9.17) is 10.5 Å². The molecule has 2 aromatic carbocycles. The molecule has 6 nitrogen and oxygen atoms in total. The average Bonchev–Trinajstić information content (AvgIpc) is 2.59. The molecule has 0 bridgehead atoms. The molecule has 2 aromatic rings. The Hall–Kier alpha value is -2.38. The number of nitrogens with one attached hydrogen (secondary N) is 1. The zero-order valence-corrected chi connectivity index (χ0v) is 14.8. The summed E-state index contributed by atoms with van der Waals surface area (Å²) in [4.78, 5) is 11.9. The first-order valence-corrected chi connectivity index (χ1v) is 9.92. The van der Waals surface area contributed by atoms with E-state index >= 15 is 0 Å². The highest BCUT2D eigenvalue weighted by molar-refractivity contribution is 7.90. The Morgan fingerprint density at radius 3 is 2.28 bits per heavy atom. The van der Waals surface area contributed by atoms with Gasteiger partial charge in [-0.25, -0.2) is 8.42 Å². The second-order valence-electron chi connectivity index (χ2n) is 5.80. The van der Waals surface area contributed by atoms with Gasteiger partial charge in [0, 0.05) is 12.8 Å². The molecule has 1 unspecified atom stereocenters. The molecule has 0 aliphatic carbocycles. The van der Waals surface area contributed by atoms with Gasteiger partial charge >= 0.3 is 0 Å². The van der Waals surface area contributed by atoms with Crippen LogP contribution in [0.1, 0.15) is 12.0 Å². The Kier molecular flexibility index (Phi) is 6.55. The number of amides is 1. The second kappa shape index (κ2) is 8.64. The van der Waals surface area contributed by atoms with Crippen LogP contribution in [0.3, 0.4) is 0 Å². The summed E-state index contributed by atoms with van der Waals surface area (Å²) in [5.74, 6) is 0.979. The SMILES string of the molecule is CS(=O)(=O)CCC(N)C(=O)NCc1ccc(Oc2ccccc2)cc1. The van der Waals surface area contributed by atoms with E-state index in [9.17, 15) is 13.2 Å². The van der Waals surface area contributed by atoms with Gasteiger partial charge in [0.2, 0.25) is 5.91 Å². The quantitative estimate of drug-likeness (QED) is 0.747. The zero-order chi connectivity index (χ0) is 18.3. The molecule has 0 aliphatic heterocycles. The van der Waals surface area contributed by atoms with Crippen molar-refractivity contribution < 1.29 is 17.9 Å². The molecule has 3 N–H and O–H groups in total. The summed E-state index contributed by atoms with van der Waals surface area (Å²) in [6.45, 7) is 0.316. The molecular formula is C18H22N2O4S. The first kappa shape index (κ1) is 19.0. The summed E-state index contributed by atoms with van der Waals surface area (Å²) in [7, 11) is -3.12. The summed E-state index contributed by atoms with van der Waals surface area (Å²) >= 11 is 0. The molecule has 0 heterocycles. The molecule has 25 heavy (non-hydrogen) atoms. The normalized spacial score (nSPS) is 12.4. The van der Waals surface area contributed by atoms with Gasteiger partial charge in [-0.15, -0.1) is 0 Å². The molecule has 0 radical (unpaired) electrons. The van der Waals surface area contributed by atoms with Gasteiger partial charge in [-0.2, -0.15) is 0 Å². The first-order valence-electron chi connectivity index (χ1n) is 7.86. The first-order chi connectivity index (χ1) is 11.8. The van der Waals surface area contributed by atoms with Crippen molar-refractivity contribution in [3.05, 3.63) is 60.2 Å². The van der Waals surface area contributed by atoms with Crippen molar-refractivity contribution >= 4 is 15.7 Å². The number of para-hydroxylation sites is 1. The number of rotatable bonds is 8. The van der Waals surface area contributed by atoms with Gasteiger partial charge in [0.1, 0.15) is 21.3 Å². The van der Waals surface area contributed by atoms with Crippen molar-refractivity contribution in [3.63, 3.8) is 0 Å². The molecule has 2 rings (SSSR count). The van der Waals surface area contributed by atoms with Crippen molar-refractivity contribution in [3.8, 4) is 11.5 Å². The molecular weight excluding hydrogens is 340 g/mol. The van der Waals surface area contributed by atoms with Crippen molar-refractivity contribution in [2.75, 3.05) is 12.0 Å². The molecule has 0 aliphatic rings. The monoisotopic (exact) mass is 362 g/mol. The number of carbonyl (C=O) groups is 1. The maximum Gasteiger partial charge on any atom is 0.237 e. The van der Waals surface area contributed by atoms with Crippen LogP contribution in [0.2, 0.25) is 0 Å². The van der Waals surface area contributed by atoms with Gasteiger partial charge in [-0.1, -0.05) is 30.3 Å². The highest BCUT2D eigenvalue weighted by atomic mass is 32.2. The van der Waals surface area contributed by atoms with Crippen LogP contribution in [0.15, 0.2) is 54.6 Å². The van der Waals surface area contributed by atoms with Crippen LogP contribution in [0.25, 0.3) is 0 Å². The van der Waals surface area contributed by atoms with E-state index in [0.717, 1.165) is 17.6 Å². The lowest BCUT2D eigenvalue weighted by atomic mass is 10.2. The summed E-state index contributed by atoms with van der Waals surface area (Å²) < 4.78 is 27.9. The zero-order valence-electron chi connectivity index (χ0n) is 14.0. The molecule has 0 aromatic heterocycles. The minimum Gasteiger partial charge on any atom is -0.457 e. The fraction of sp³-hybridized carbons (Fsp3) is 0.278. The van der Waals surface area contributed by atoms with Crippen molar-refractivity contribution in [2.24, 2.45) is 5.73 Å². The van der Waals surface area contributed by atoms with E-state index in [-0.39, 0.29) is 18.1 Å². The second-order valence-corrected chi connectivity index (χ2v) is 8.06. The van der Waals surface area contributed by atoms with Crippen LogP contribution in [-0.4, -0.2) is 32.4 Å². The predicted octanol–water partition coefficient (Wildman–Crippen LogP) is 1.86. The number of hydrogen-bond donors (Lipinski definition) is 2. The molecule has 1 amide bonds. The number of benzene rings is 2. The van der Waals surface area contributed by atoms with E-state index in [1.165, 1.54) is 0 Å². The third-order valence-electron chi connectivity index (χ3n) is 3.51. The van der Waals surface area contributed by atoms with Crippen LogP contribution in [0.5, 0.6) is 11.5 Å². The fourth-order valence-electron chi connectivity index (χ4n) is 2.09. The Morgan fingerprint density at radius 2 is 1.68 bits per heavy atom. The van der Waals surface area contributed by atoms with Crippen LogP contribution >= 0.6 is 0 Å². The average molecular weight is 362 g/mol. The van der Waals surface area contributed by atoms with Crippen molar-refractivity contribution in [1.29, 1.82) is 0 Å². The molecule has 7 heteroatoms. The van der Waals surface area contributed by atoms with E-state index in [1.54, 1.807) is 0 Å². The lowest BCUT2D eigenvalue weighted by Gasteiger charge is -2.12. The minimum atomic E-state index is -3.12. The smallest absolute Gasteiger partial charge is 0.237 e. The summed E-state index contributed by atoms with van der Waals surface area (Å²) in [5, 5.41) is 2.70. The van der Waals surface area contributed by atoms with E-state index < -0.39 is 15.9 Å². The van der Waals surface area contributed by atoms with Gasteiger partial charge in [0.05, 0.1) is 11.8 Å². The minimum absolute atomic E-state index is 0.104. The largest absolute Gasteiger partial charge is 0.457 e. The van der Waals surface area contributed by atoms with E-state index in [0.29, 0.717) is 12.3 Å². The highest BCUT2D eigenvalue weighted by Crippen LogP contribution is 2.21. The van der Waals surface area contributed by atoms with Crippen LogP contribution in [0.4, 0.5) is 0 Å². The van der Waals surface area contributed by atoms with E-state index in [1.807, 2.05) is 54.6 Å². The summed E-state index contributed by atoms with van der Waals surface area (Å²) in [6, 6.07) is 15.9. The molecule has 0 saturated carbocycles. The van der Waals surface area contributed by atoms with Crippen LogP contribution in [0, 0.1) is 0 Å². The number of sulfone groups is 1. The standard InChI is InChI=1S/C18H22N2O4S/c1-25(22,23)12-11-17(19)18(21)20-13-14-7-9-16(10-8-14)24-15-5-3-2-4-6-15/h2-10,17H,11-13,19H2,1H3,(H,20,21). The predicted molar refractivity (Wildman–Crippen MR) is 97.1 cm³/mol. The maximum absolute atomic E-state index is 11.9. The van der Waals surface area contributed by atoms with Gasteiger partial charge in [0.25, 0.3) is 0 Å². The number of carbonyl (C=O) groups excluding carboxylic acids is 1. The van der Waals surface area contributed by atoms with E-state index in [2.05, 4.69) is 5.32 Å². The molecule has 0 spiro atoms. The lowest BCUT2D eigenvalue weighted by molar-refractivity contribution is -0.122. The molecule has 0 saturated heterocycles. The van der Waals surface area contributed by atoms with Crippen LogP contribution < -0.4 is 15.8 Å². The summed E-state index contributed by atoms with van der Waals surface area (Å²) in [5.41, 5.74) is 6.59. The molecule has 134 valence electrons. The Morgan fingerprint density at radius 1 is 1.08 bits per heavy atom. The molecule has 0 fully saturated rings.